The Labute approximate surface area is 113 Å². The topological polar surface area (TPSA) is 43.4 Å². The molecule has 1 aromatic carbocycles. The number of ether oxygens (including phenoxy) is 1. The standard InChI is InChI=1S/C16H18O3/c1-3-4-5-6-7-14(17)12-16(18)19-15-10-8-13(2)9-11-15/h3-5,8-11H,1,6-7,12H2,2H3. The van der Waals surface area contributed by atoms with Crippen LogP contribution in [0, 0.1) is 6.92 Å². The van der Waals surface area contributed by atoms with Crippen LogP contribution >= 0.6 is 0 Å². The number of rotatable bonds is 7. The van der Waals surface area contributed by atoms with E-state index in [2.05, 4.69) is 6.58 Å². The number of aryl methyl sites for hydroxylation is 1. The van der Waals surface area contributed by atoms with Gasteiger partial charge < -0.3 is 4.74 Å². The van der Waals surface area contributed by atoms with Crippen LogP contribution in [0.5, 0.6) is 5.75 Å². The third-order valence-electron chi connectivity index (χ3n) is 2.46. The Morgan fingerprint density at radius 2 is 1.95 bits per heavy atom. The third kappa shape index (κ3) is 6.36. The Morgan fingerprint density at radius 1 is 1.26 bits per heavy atom. The fourth-order valence-electron chi connectivity index (χ4n) is 1.46. The van der Waals surface area contributed by atoms with Crippen molar-refractivity contribution in [3.05, 3.63) is 54.6 Å². The van der Waals surface area contributed by atoms with Crippen molar-refractivity contribution < 1.29 is 14.3 Å². The average molecular weight is 258 g/mol. The van der Waals surface area contributed by atoms with Crippen molar-refractivity contribution in [2.45, 2.75) is 26.2 Å². The molecule has 1 rings (SSSR count). The summed E-state index contributed by atoms with van der Waals surface area (Å²) in [6, 6.07) is 7.13. The van der Waals surface area contributed by atoms with E-state index in [1.807, 2.05) is 25.1 Å². The Kier molecular flexibility index (Phi) is 6.30. The third-order valence-corrected chi connectivity index (χ3v) is 2.46. The molecule has 0 radical (unpaired) electrons. The summed E-state index contributed by atoms with van der Waals surface area (Å²) in [7, 11) is 0. The number of benzene rings is 1. The van der Waals surface area contributed by atoms with Gasteiger partial charge in [-0.05, 0) is 25.5 Å². The van der Waals surface area contributed by atoms with Gasteiger partial charge in [0, 0.05) is 6.42 Å². The quantitative estimate of drug-likeness (QED) is 0.326. The van der Waals surface area contributed by atoms with Crippen LogP contribution in [0.3, 0.4) is 0 Å². The summed E-state index contributed by atoms with van der Waals surface area (Å²) in [4.78, 5) is 23.0. The molecule has 0 spiro atoms. The minimum Gasteiger partial charge on any atom is -0.426 e. The molecule has 3 heteroatoms. The summed E-state index contributed by atoms with van der Waals surface area (Å²) in [5.74, 6) is -0.165. The maximum atomic E-state index is 11.5. The van der Waals surface area contributed by atoms with Gasteiger partial charge in [-0.25, -0.2) is 0 Å². The molecule has 3 nitrogen and oxygen atoms in total. The van der Waals surface area contributed by atoms with Crippen molar-refractivity contribution in [2.24, 2.45) is 0 Å². The zero-order valence-corrected chi connectivity index (χ0v) is 11.1. The molecule has 0 N–H and O–H groups in total. The second kappa shape index (κ2) is 8.03. The van der Waals surface area contributed by atoms with Crippen molar-refractivity contribution in [1.82, 2.24) is 0 Å². The van der Waals surface area contributed by atoms with Gasteiger partial charge in [-0.3, -0.25) is 9.59 Å². The number of Topliss-reactive ketones (excluding diaryl/α,β-unsaturated/α-hetero) is 1. The molecule has 0 aliphatic carbocycles. The van der Waals surface area contributed by atoms with Gasteiger partial charge in [-0.1, -0.05) is 42.5 Å². The lowest BCUT2D eigenvalue weighted by atomic mass is 10.1. The largest absolute Gasteiger partial charge is 0.426 e. The van der Waals surface area contributed by atoms with Crippen molar-refractivity contribution in [2.75, 3.05) is 0 Å². The lowest BCUT2D eigenvalue weighted by Crippen LogP contribution is -2.13. The molecule has 0 aliphatic rings. The van der Waals surface area contributed by atoms with Crippen LogP contribution in [0.25, 0.3) is 0 Å². The lowest BCUT2D eigenvalue weighted by molar-refractivity contribution is -0.138. The fourth-order valence-corrected chi connectivity index (χ4v) is 1.46. The highest BCUT2D eigenvalue weighted by Crippen LogP contribution is 2.12. The molecule has 1 aromatic rings. The van der Waals surface area contributed by atoms with Gasteiger partial charge in [-0.15, -0.1) is 0 Å². The first kappa shape index (κ1) is 14.9. The monoisotopic (exact) mass is 258 g/mol. The number of allylic oxidation sites excluding steroid dienone is 3. The molecule has 0 heterocycles. The highest BCUT2D eigenvalue weighted by atomic mass is 16.5. The Balaban J connectivity index is 2.34. The molecule has 0 saturated heterocycles. The van der Waals surface area contributed by atoms with E-state index >= 15 is 0 Å². The maximum Gasteiger partial charge on any atom is 0.318 e. The summed E-state index contributed by atoms with van der Waals surface area (Å²) in [6.07, 6.45) is 6.04. The SMILES string of the molecule is C=CC=CCCC(=O)CC(=O)Oc1ccc(C)cc1. The van der Waals surface area contributed by atoms with E-state index in [9.17, 15) is 9.59 Å². The lowest BCUT2D eigenvalue weighted by Gasteiger charge is -2.03. The molecule has 0 saturated carbocycles. The summed E-state index contributed by atoms with van der Waals surface area (Å²) < 4.78 is 5.07. The summed E-state index contributed by atoms with van der Waals surface area (Å²) in [5.41, 5.74) is 1.09. The summed E-state index contributed by atoms with van der Waals surface area (Å²) in [6.45, 7) is 5.48. The molecule has 19 heavy (non-hydrogen) atoms. The maximum absolute atomic E-state index is 11.5. The van der Waals surface area contributed by atoms with E-state index in [4.69, 9.17) is 4.74 Å². The van der Waals surface area contributed by atoms with E-state index in [0.29, 0.717) is 18.6 Å². The summed E-state index contributed by atoms with van der Waals surface area (Å²) >= 11 is 0. The van der Waals surface area contributed by atoms with Crippen LogP contribution in [-0.4, -0.2) is 11.8 Å². The van der Waals surface area contributed by atoms with Crippen molar-refractivity contribution in [3.63, 3.8) is 0 Å². The first-order valence-corrected chi connectivity index (χ1v) is 6.18. The second-order valence-electron chi connectivity index (χ2n) is 4.21. The van der Waals surface area contributed by atoms with E-state index in [1.54, 1.807) is 24.3 Å². The number of esters is 1. The summed E-state index contributed by atoms with van der Waals surface area (Å²) in [5, 5.41) is 0. The molecule has 0 aromatic heterocycles. The molecule has 0 bridgehead atoms. The first-order chi connectivity index (χ1) is 9.11. The van der Waals surface area contributed by atoms with Crippen LogP contribution in [0.4, 0.5) is 0 Å². The molecule has 100 valence electrons. The van der Waals surface area contributed by atoms with Gasteiger partial charge >= 0.3 is 5.97 Å². The molecule has 0 amide bonds. The smallest absolute Gasteiger partial charge is 0.318 e. The zero-order chi connectivity index (χ0) is 14.1. The highest BCUT2D eigenvalue weighted by Gasteiger charge is 2.10. The number of carbonyl (C=O) groups excluding carboxylic acids is 2. The normalized spacial score (nSPS) is 10.4. The van der Waals surface area contributed by atoms with Gasteiger partial charge in [0.25, 0.3) is 0 Å². The Bertz CT molecular complexity index is 469. The Hall–Kier alpha value is -2.16. The molecule has 0 fully saturated rings. The van der Waals surface area contributed by atoms with Gasteiger partial charge in [0.15, 0.2) is 0 Å². The predicted octanol–water partition coefficient (Wildman–Crippen LogP) is 3.38. The van der Waals surface area contributed by atoms with Crippen molar-refractivity contribution in [1.29, 1.82) is 0 Å². The van der Waals surface area contributed by atoms with Crippen molar-refractivity contribution >= 4 is 11.8 Å². The van der Waals surface area contributed by atoms with Crippen LogP contribution in [0.2, 0.25) is 0 Å². The number of ketones is 1. The van der Waals surface area contributed by atoms with Gasteiger partial charge in [0.2, 0.25) is 0 Å². The molecular weight excluding hydrogens is 240 g/mol. The van der Waals surface area contributed by atoms with Crippen molar-refractivity contribution in [3.8, 4) is 5.75 Å². The number of hydrogen-bond donors (Lipinski definition) is 0. The molecular formula is C16H18O3. The van der Waals surface area contributed by atoms with Crippen LogP contribution < -0.4 is 4.74 Å². The number of carbonyl (C=O) groups is 2. The van der Waals surface area contributed by atoms with Gasteiger partial charge in [0.05, 0.1) is 0 Å². The van der Waals surface area contributed by atoms with Gasteiger partial charge in [0.1, 0.15) is 18.0 Å². The molecule has 0 unspecified atom stereocenters. The van der Waals surface area contributed by atoms with Crippen LogP contribution in [0.1, 0.15) is 24.8 Å². The fraction of sp³-hybridized carbons (Fsp3) is 0.250. The predicted molar refractivity (Wildman–Crippen MR) is 75.0 cm³/mol. The van der Waals surface area contributed by atoms with E-state index in [-0.39, 0.29) is 12.2 Å². The van der Waals surface area contributed by atoms with E-state index in [0.717, 1.165) is 5.56 Å². The van der Waals surface area contributed by atoms with Crippen LogP contribution in [-0.2, 0) is 9.59 Å². The number of hydrogen-bond acceptors (Lipinski definition) is 3. The highest BCUT2D eigenvalue weighted by molar-refractivity contribution is 5.96. The average Bonchev–Trinajstić information content (AvgIpc) is 2.37. The first-order valence-electron chi connectivity index (χ1n) is 6.18. The van der Waals surface area contributed by atoms with Gasteiger partial charge in [-0.2, -0.15) is 0 Å². The minimum atomic E-state index is -0.512. The molecule has 0 aliphatic heterocycles. The van der Waals surface area contributed by atoms with Crippen LogP contribution in [0.15, 0.2) is 49.1 Å². The minimum absolute atomic E-state index is 0.120. The second-order valence-corrected chi connectivity index (χ2v) is 4.21. The van der Waals surface area contributed by atoms with E-state index < -0.39 is 5.97 Å². The zero-order valence-electron chi connectivity index (χ0n) is 11.1. The molecule has 0 atom stereocenters. The Morgan fingerprint density at radius 3 is 2.58 bits per heavy atom. The van der Waals surface area contributed by atoms with E-state index in [1.165, 1.54) is 0 Å².